The standard InChI is InChI=1S/C16H18O3/c17-16(15-11-12-6-7-13(15)10-12)19-9-8-18-14-4-2-1-3-5-14/h1-7,12-13,15H,8-11H2/t12-,13?,15?/m1/s1. The maximum absolute atomic E-state index is 11.9. The van der Waals surface area contributed by atoms with E-state index in [9.17, 15) is 4.79 Å². The van der Waals surface area contributed by atoms with E-state index in [0.29, 0.717) is 25.0 Å². The number of ether oxygens (including phenoxy) is 2. The number of allylic oxidation sites excluding steroid dienone is 2. The van der Waals surface area contributed by atoms with Crippen LogP contribution in [0.25, 0.3) is 0 Å². The van der Waals surface area contributed by atoms with Crippen LogP contribution in [0, 0.1) is 17.8 Å². The molecule has 0 saturated heterocycles. The fraction of sp³-hybridized carbons (Fsp3) is 0.438. The van der Waals surface area contributed by atoms with Gasteiger partial charge in [0.25, 0.3) is 0 Å². The summed E-state index contributed by atoms with van der Waals surface area (Å²) < 4.78 is 10.8. The molecule has 0 radical (unpaired) electrons. The molecule has 0 aliphatic heterocycles. The molecule has 0 spiro atoms. The summed E-state index contributed by atoms with van der Waals surface area (Å²) in [4.78, 5) is 11.9. The van der Waals surface area contributed by atoms with E-state index in [-0.39, 0.29) is 11.9 Å². The minimum atomic E-state index is -0.0616. The van der Waals surface area contributed by atoms with Gasteiger partial charge in [-0.25, -0.2) is 0 Å². The summed E-state index contributed by atoms with van der Waals surface area (Å²) in [5.74, 6) is 1.83. The van der Waals surface area contributed by atoms with Gasteiger partial charge >= 0.3 is 5.97 Å². The second-order valence-corrected chi connectivity index (χ2v) is 5.22. The van der Waals surface area contributed by atoms with Crippen LogP contribution in [0.5, 0.6) is 5.75 Å². The Labute approximate surface area is 113 Å². The molecule has 0 heterocycles. The Balaban J connectivity index is 1.39. The summed E-state index contributed by atoms with van der Waals surface area (Å²) in [7, 11) is 0. The summed E-state index contributed by atoms with van der Waals surface area (Å²) in [5, 5.41) is 0. The molecule has 0 aromatic heterocycles. The predicted molar refractivity (Wildman–Crippen MR) is 71.7 cm³/mol. The largest absolute Gasteiger partial charge is 0.490 e. The molecule has 2 unspecified atom stereocenters. The zero-order chi connectivity index (χ0) is 13.1. The molecule has 100 valence electrons. The molecule has 3 atom stereocenters. The van der Waals surface area contributed by atoms with Crippen molar-refractivity contribution in [3.8, 4) is 5.75 Å². The highest BCUT2D eigenvalue weighted by atomic mass is 16.6. The molecule has 3 rings (SSSR count). The zero-order valence-electron chi connectivity index (χ0n) is 10.8. The van der Waals surface area contributed by atoms with Gasteiger partial charge in [0.2, 0.25) is 0 Å². The van der Waals surface area contributed by atoms with Crippen LogP contribution < -0.4 is 4.74 Å². The van der Waals surface area contributed by atoms with Gasteiger partial charge in [-0.2, -0.15) is 0 Å². The third-order valence-electron chi connectivity index (χ3n) is 3.92. The monoisotopic (exact) mass is 258 g/mol. The molecule has 1 aromatic rings. The van der Waals surface area contributed by atoms with Crippen molar-refractivity contribution in [3.63, 3.8) is 0 Å². The van der Waals surface area contributed by atoms with Crippen LogP contribution >= 0.6 is 0 Å². The Bertz CT molecular complexity index is 466. The summed E-state index contributed by atoms with van der Waals surface area (Å²) >= 11 is 0. The molecular formula is C16H18O3. The molecule has 2 aliphatic rings. The third-order valence-corrected chi connectivity index (χ3v) is 3.92. The first-order chi connectivity index (χ1) is 9.33. The van der Waals surface area contributed by atoms with Gasteiger partial charge in [0.15, 0.2) is 0 Å². The Morgan fingerprint density at radius 3 is 2.63 bits per heavy atom. The molecule has 0 N–H and O–H groups in total. The number of esters is 1. The number of fused-ring (bicyclic) bond motifs is 2. The van der Waals surface area contributed by atoms with Gasteiger partial charge in [-0.05, 0) is 36.8 Å². The van der Waals surface area contributed by atoms with Crippen molar-refractivity contribution < 1.29 is 14.3 Å². The molecule has 1 saturated carbocycles. The maximum atomic E-state index is 11.9. The first-order valence-corrected chi connectivity index (χ1v) is 6.86. The van der Waals surface area contributed by atoms with Gasteiger partial charge in [-0.1, -0.05) is 30.4 Å². The first kappa shape index (κ1) is 12.3. The number of rotatable bonds is 5. The summed E-state index contributed by atoms with van der Waals surface area (Å²) in [5.41, 5.74) is 0. The normalized spacial score (nSPS) is 27.5. The minimum absolute atomic E-state index is 0.0616. The fourth-order valence-corrected chi connectivity index (χ4v) is 2.98. The first-order valence-electron chi connectivity index (χ1n) is 6.86. The minimum Gasteiger partial charge on any atom is -0.490 e. The van der Waals surface area contributed by atoms with E-state index in [2.05, 4.69) is 12.2 Å². The fourth-order valence-electron chi connectivity index (χ4n) is 2.98. The van der Waals surface area contributed by atoms with Crippen molar-refractivity contribution in [2.45, 2.75) is 12.8 Å². The summed E-state index contributed by atoms with van der Waals surface area (Å²) in [6.07, 6.45) is 6.48. The number of para-hydroxylation sites is 1. The molecule has 2 aliphatic carbocycles. The number of carbonyl (C=O) groups is 1. The van der Waals surface area contributed by atoms with Crippen LogP contribution in [0.4, 0.5) is 0 Å². The van der Waals surface area contributed by atoms with Gasteiger partial charge in [0, 0.05) is 0 Å². The van der Waals surface area contributed by atoms with E-state index in [1.165, 1.54) is 0 Å². The Hall–Kier alpha value is -1.77. The lowest BCUT2D eigenvalue weighted by molar-refractivity contribution is -0.150. The zero-order valence-corrected chi connectivity index (χ0v) is 10.8. The molecule has 1 aromatic carbocycles. The van der Waals surface area contributed by atoms with Crippen LogP contribution in [0.2, 0.25) is 0 Å². The van der Waals surface area contributed by atoms with Crippen molar-refractivity contribution in [3.05, 3.63) is 42.5 Å². The van der Waals surface area contributed by atoms with Crippen molar-refractivity contribution >= 4 is 5.97 Å². The van der Waals surface area contributed by atoms with E-state index in [0.717, 1.165) is 18.6 Å². The van der Waals surface area contributed by atoms with E-state index in [1.54, 1.807) is 0 Å². The topological polar surface area (TPSA) is 35.5 Å². The lowest BCUT2D eigenvalue weighted by atomic mass is 9.94. The van der Waals surface area contributed by atoms with Crippen LogP contribution in [-0.4, -0.2) is 19.2 Å². The van der Waals surface area contributed by atoms with Crippen LogP contribution in [0.15, 0.2) is 42.5 Å². The van der Waals surface area contributed by atoms with Crippen molar-refractivity contribution in [2.75, 3.05) is 13.2 Å². The Kier molecular flexibility index (Phi) is 3.53. The van der Waals surface area contributed by atoms with Gasteiger partial charge in [-0.15, -0.1) is 0 Å². The molecule has 1 fully saturated rings. The van der Waals surface area contributed by atoms with Gasteiger partial charge in [-0.3, -0.25) is 4.79 Å². The number of benzene rings is 1. The SMILES string of the molecule is O=C(OCCOc1ccccc1)C1C[C@@H]2C=CC1C2. The van der Waals surface area contributed by atoms with Gasteiger partial charge < -0.3 is 9.47 Å². The second-order valence-electron chi connectivity index (χ2n) is 5.22. The molecule has 2 bridgehead atoms. The highest BCUT2D eigenvalue weighted by Crippen LogP contribution is 2.43. The van der Waals surface area contributed by atoms with Crippen LogP contribution in [0.1, 0.15) is 12.8 Å². The van der Waals surface area contributed by atoms with Crippen molar-refractivity contribution in [1.82, 2.24) is 0 Å². The number of hydrogen-bond donors (Lipinski definition) is 0. The van der Waals surface area contributed by atoms with Crippen LogP contribution in [-0.2, 0) is 9.53 Å². The van der Waals surface area contributed by atoms with E-state index >= 15 is 0 Å². The quantitative estimate of drug-likeness (QED) is 0.463. The van der Waals surface area contributed by atoms with E-state index < -0.39 is 0 Å². The Morgan fingerprint density at radius 2 is 1.95 bits per heavy atom. The van der Waals surface area contributed by atoms with Crippen LogP contribution in [0.3, 0.4) is 0 Å². The molecule has 19 heavy (non-hydrogen) atoms. The maximum Gasteiger partial charge on any atom is 0.309 e. The lowest BCUT2D eigenvalue weighted by Gasteiger charge is -2.16. The summed E-state index contributed by atoms with van der Waals surface area (Å²) in [6.45, 7) is 0.734. The van der Waals surface area contributed by atoms with Gasteiger partial charge in [0.05, 0.1) is 5.92 Å². The third kappa shape index (κ3) is 2.80. The molecule has 3 heteroatoms. The smallest absolute Gasteiger partial charge is 0.309 e. The highest BCUT2D eigenvalue weighted by Gasteiger charge is 2.40. The lowest BCUT2D eigenvalue weighted by Crippen LogP contribution is -2.23. The summed E-state index contributed by atoms with van der Waals surface area (Å²) in [6, 6.07) is 9.56. The van der Waals surface area contributed by atoms with E-state index in [1.807, 2.05) is 30.3 Å². The molecule has 0 amide bonds. The number of carbonyl (C=O) groups excluding carboxylic acids is 1. The second kappa shape index (κ2) is 5.47. The average Bonchev–Trinajstić information content (AvgIpc) is 3.07. The van der Waals surface area contributed by atoms with Gasteiger partial charge in [0.1, 0.15) is 19.0 Å². The Morgan fingerprint density at radius 1 is 1.11 bits per heavy atom. The highest BCUT2D eigenvalue weighted by molar-refractivity contribution is 5.74. The predicted octanol–water partition coefficient (Wildman–Crippen LogP) is 2.82. The molecular weight excluding hydrogens is 240 g/mol. The van der Waals surface area contributed by atoms with E-state index in [4.69, 9.17) is 9.47 Å². The van der Waals surface area contributed by atoms with Crippen molar-refractivity contribution in [2.24, 2.45) is 17.8 Å². The average molecular weight is 258 g/mol. The number of hydrogen-bond acceptors (Lipinski definition) is 3. The van der Waals surface area contributed by atoms with Crippen molar-refractivity contribution in [1.29, 1.82) is 0 Å². The molecule has 3 nitrogen and oxygen atoms in total.